The molecule has 33 heavy (non-hydrogen) atoms. The van der Waals surface area contributed by atoms with E-state index >= 15 is 0 Å². The summed E-state index contributed by atoms with van der Waals surface area (Å²) in [6.07, 6.45) is 2.44. The highest BCUT2D eigenvalue weighted by molar-refractivity contribution is 5.83. The van der Waals surface area contributed by atoms with E-state index in [9.17, 15) is 14.0 Å². The number of benzene rings is 2. The van der Waals surface area contributed by atoms with Crippen LogP contribution in [0.3, 0.4) is 0 Å². The van der Waals surface area contributed by atoms with Crippen molar-refractivity contribution in [1.29, 1.82) is 0 Å². The number of hydrogen-bond donors (Lipinski definition) is 0. The van der Waals surface area contributed by atoms with Gasteiger partial charge in [0.15, 0.2) is 0 Å². The minimum absolute atomic E-state index is 0.0549. The maximum atomic E-state index is 13.2. The monoisotopic (exact) mass is 448 g/mol. The number of hydrogen-bond acceptors (Lipinski definition) is 3. The van der Waals surface area contributed by atoms with Crippen LogP contribution in [-0.2, 0) is 22.7 Å². The molecule has 6 nitrogen and oxygen atoms in total. The van der Waals surface area contributed by atoms with Crippen LogP contribution in [0.5, 0.6) is 0 Å². The lowest BCUT2D eigenvalue weighted by Gasteiger charge is -2.30. The maximum absolute atomic E-state index is 13.2. The van der Waals surface area contributed by atoms with E-state index in [4.69, 9.17) is 4.98 Å². The second kappa shape index (κ2) is 8.96. The lowest BCUT2D eigenvalue weighted by atomic mass is 9.99. The van der Waals surface area contributed by atoms with Gasteiger partial charge < -0.3 is 14.4 Å². The molecule has 3 heterocycles. The van der Waals surface area contributed by atoms with Crippen LogP contribution < -0.4 is 0 Å². The van der Waals surface area contributed by atoms with Gasteiger partial charge in [0.25, 0.3) is 0 Å². The fraction of sp³-hybridized carbons (Fsp3) is 0.423. The molecule has 0 bridgehead atoms. The number of carbonyl (C=O) groups excluding carboxylic acids is 2. The van der Waals surface area contributed by atoms with Gasteiger partial charge in [-0.25, -0.2) is 9.37 Å². The number of fused-ring (bicyclic) bond motifs is 1. The number of para-hydroxylation sites is 2. The molecule has 0 saturated carbocycles. The van der Waals surface area contributed by atoms with Crippen LogP contribution in [0.2, 0.25) is 0 Å². The highest BCUT2D eigenvalue weighted by atomic mass is 19.1. The van der Waals surface area contributed by atoms with Crippen molar-refractivity contribution in [3.8, 4) is 0 Å². The van der Waals surface area contributed by atoms with E-state index in [1.807, 2.05) is 33.7 Å². The van der Waals surface area contributed by atoms with Crippen molar-refractivity contribution in [2.45, 2.75) is 45.2 Å². The Morgan fingerprint density at radius 3 is 2.58 bits per heavy atom. The van der Waals surface area contributed by atoms with Gasteiger partial charge in [0, 0.05) is 38.5 Å². The number of likely N-dealkylation sites (tertiary alicyclic amines) is 2. The predicted molar refractivity (Wildman–Crippen MR) is 124 cm³/mol. The highest BCUT2D eigenvalue weighted by Crippen LogP contribution is 2.31. The normalized spacial score (nSPS) is 19.6. The molecule has 2 aliphatic heterocycles. The minimum Gasteiger partial charge on any atom is -0.341 e. The van der Waals surface area contributed by atoms with Crippen LogP contribution in [0.25, 0.3) is 11.0 Å². The first-order chi connectivity index (χ1) is 16.0. The van der Waals surface area contributed by atoms with E-state index in [1.165, 1.54) is 12.1 Å². The smallest absolute Gasteiger partial charge is 0.242 e. The lowest BCUT2D eigenvalue weighted by Crippen LogP contribution is -2.40. The highest BCUT2D eigenvalue weighted by Gasteiger charge is 2.34. The summed E-state index contributed by atoms with van der Waals surface area (Å²) < 4.78 is 15.3. The number of carbonyl (C=O) groups is 2. The molecule has 0 unspecified atom stereocenters. The Balaban J connectivity index is 1.38. The van der Waals surface area contributed by atoms with E-state index in [0.717, 1.165) is 48.4 Å². The minimum atomic E-state index is -0.286. The molecule has 2 saturated heterocycles. The largest absolute Gasteiger partial charge is 0.341 e. The summed E-state index contributed by atoms with van der Waals surface area (Å²) in [4.78, 5) is 34.6. The van der Waals surface area contributed by atoms with Crippen LogP contribution in [0.4, 0.5) is 4.39 Å². The molecule has 2 aromatic carbocycles. The number of amides is 2. The molecule has 0 aliphatic carbocycles. The maximum Gasteiger partial charge on any atom is 0.242 e. The molecule has 0 spiro atoms. The molecule has 3 aromatic rings. The molecule has 172 valence electrons. The Hall–Kier alpha value is -3.22. The molecule has 5 rings (SSSR count). The van der Waals surface area contributed by atoms with E-state index < -0.39 is 0 Å². The predicted octanol–water partition coefficient (Wildman–Crippen LogP) is 3.95. The third-order valence-electron chi connectivity index (χ3n) is 6.98. The van der Waals surface area contributed by atoms with Gasteiger partial charge in [-0.1, -0.05) is 31.2 Å². The number of imidazole rings is 1. The van der Waals surface area contributed by atoms with Gasteiger partial charge in [0.05, 0.1) is 11.0 Å². The van der Waals surface area contributed by atoms with Gasteiger partial charge in [-0.05, 0) is 48.6 Å². The summed E-state index contributed by atoms with van der Waals surface area (Å²) in [5.41, 5.74) is 2.67. The summed E-state index contributed by atoms with van der Waals surface area (Å²) in [5, 5.41) is 0. The Morgan fingerprint density at radius 2 is 1.82 bits per heavy atom. The Bertz CT molecular complexity index is 1160. The van der Waals surface area contributed by atoms with Crippen molar-refractivity contribution in [3.63, 3.8) is 0 Å². The van der Waals surface area contributed by atoms with Gasteiger partial charge in [-0.2, -0.15) is 0 Å². The Labute approximate surface area is 193 Å². The Kier molecular flexibility index (Phi) is 5.87. The molecule has 7 heteroatoms. The summed E-state index contributed by atoms with van der Waals surface area (Å²) in [6, 6.07) is 14.1. The van der Waals surface area contributed by atoms with Gasteiger partial charge in [-0.15, -0.1) is 0 Å². The van der Waals surface area contributed by atoms with Crippen molar-refractivity contribution in [1.82, 2.24) is 19.4 Å². The van der Waals surface area contributed by atoms with Crippen LogP contribution in [0.15, 0.2) is 48.5 Å². The number of nitrogens with zero attached hydrogens (tertiary/aromatic N) is 4. The first-order valence-electron chi connectivity index (χ1n) is 11.7. The zero-order chi connectivity index (χ0) is 22.9. The van der Waals surface area contributed by atoms with Crippen LogP contribution in [0.1, 0.15) is 43.5 Å². The van der Waals surface area contributed by atoms with E-state index in [0.29, 0.717) is 25.4 Å². The van der Waals surface area contributed by atoms with Crippen LogP contribution >= 0.6 is 0 Å². The zero-order valence-electron chi connectivity index (χ0n) is 18.9. The van der Waals surface area contributed by atoms with Crippen molar-refractivity contribution in [3.05, 3.63) is 65.7 Å². The SMILES string of the molecule is CC1CCN(C(=O)Cn2c([C@@H]3CC(=O)N(Cc4ccc(F)cc4)C3)nc3ccccc32)CC1. The zero-order valence-corrected chi connectivity index (χ0v) is 18.9. The summed E-state index contributed by atoms with van der Waals surface area (Å²) >= 11 is 0. The molecule has 0 radical (unpaired) electrons. The standard InChI is InChI=1S/C26H29FN4O2/c1-18-10-12-29(13-11-18)25(33)17-31-23-5-3-2-4-22(23)28-26(31)20-14-24(32)30(16-20)15-19-6-8-21(27)9-7-19/h2-9,18,20H,10-17H2,1H3/t20-/m1/s1. The van der Waals surface area contributed by atoms with Crippen molar-refractivity contribution in [2.24, 2.45) is 5.92 Å². The first kappa shape index (κ1) is 21.6. The fourth-order valence-corrected chi connectivity index (χ4v) is 4.97. The topological polar surface area (TPSA) is 58.4 Å². The summed E-state index contributed by atoms with van der Waals surface area (Å²) in [6.45, 7) is 5.06. The molecule has 1 aromatic heterocycles. The van der Waals surface area contributed by atoms with Gasteiger partial charge in [0.2, 0.25) is 11.8 Å². The van der Waals surface area contributed by atoms with E-state index in [-0.39, 0.29) is 30.1 Å². The quantitative estimate of drug-likeness (QED) is 0.594. The van der Waals surface area contributed by atoms with E-state index in [2.05, 4.69) is 6.92 Å². The number of rotatable bonds is 5. The Morgan fingerprint density at radius 1 is 1.09 bits per heavy atom. The number of halogens is 1. The second-order valence-corrected chi connectivity index (χ2v) is 9.41. The van der Waals surface area contributed by atoms with Gasteiger partial charge >= 0.3 is 0 Å². The molecular weight excluding hydrogens is 419 g/mol. The van der Waals surface area contributed by atoms with Crippen LogP contribution in [-0.4, -0.2) is 50.8 Å². The van der Waals surface area contributed by atoms with Crippen LogP contribution in [0, 0.1) is 11.7 Å². The molecule has 1 atom stereocenters. The van der Waals surface area contributed by atoms with Gasteiger partial charge in [-0.3, -0.25) is 9.59 Å². The molecule has 2 fully saturated rings. The first-order valence-corrected chi connectivity index (χ1v) is 11.7. The average molecular weight is 449 g/mol. The molecule has 0 N–H and O–H groups in total. The third kappa shape index (κ3) is 4.49. The number of piperidine rings is 1. The van der Waals surface area contributed by atoms with Crippen molar-refractivity contribution in [2.75, 3.05) is 19.6 Å². The second-order valence-electron chi connectivity index (χ2n) is 9.41. The van der Waals surface area contributed by atoms with Crippen molar-refractivity contribution >= 4 is 22.8 Å². The summed E-state index contributed by atoms with van der Waals surface area (Å²) in [5.74, 6) is 1.25. The third-order valence-corrected chi connectivity index (χ3v) is 6.98. The average Bonchev–Trinajstić information content (AvgIpc) is 3.36. The molecule has 2 aliphatic rings. The lowest BCUT2D eigenvalue weighted by molar-refractivity contribution is -0.133. The molecular formula is C26H29FN4O2. The number of aromatic nitrogens is 2. The van der Waals surface area contributed by atoms with Gasteiger partial charge in [0.1, 0.15) is 18.2 Å². The fourth-order valence-electron chi connectivity index (χ4n) is 4.97. The van der Waals surface area contributed by atoms with Crippen molar-refractivity contribution < 1.29 is 14.0 Å². The summed E-state index contributed by atoms with van der Waals surface area (Å²) in [7, 11) is 0. The van der Waals surface area contributed by atoms with E-state index in [1.54, 1.807) is 17.0 Å². The molecule has 2 amide bonds.